The van der Waals surface area contributed by atoms with Crippen LogP contribution in [0.3, 0.4) is 0 Å². The topological polar surface area (TPSA) is 95.8 Å². The number of para-hydroxylation sites is 1. The third-order valence-electron chi connectivity index (χ3n) is 5.17. The minimum absolute atomic E-state index is 0.0954. The number of aromatic amines is 1. The molecule has 3 N–H and O–H groups in total. The van der Waals surface area contributed by atoms with Gasteiger partial charge in [0.1, 0.15) is 6.33 Å². The first-order chi connectivity index (χ1) is 12.6. The van der Waals surface area contributed by atoms with Gasteiger partial charge in [-0.1, -0.05) is 12.1 Å². The molecule has 0 radical (unpaired) electrons. The van der Waals surface area contributed by atoms with Crippen LogP contribution in [0, 0.1) is 0 Å². The van der Waals surface area contributed by atoms with Crippen molar-refractivity contribution in [2.45, 2.75) is 50.9 Å². The van der Waals surface area contributed by atoms with Gasteiger partial charge in [0.25, 0.3) is 0 Å². The molecule has 0 saturated heterocycles. The number of aryl methyl sites for hydroxylation is 2. The number of imidazole rings is 1. The Hall–Kier alpha value is -2.51. The lowest BCUT2D eigenvalue weighted by Gasteiger charge is -2.26. The second kappa shape index (κ2) is 7.01. The molecule has 3 heterocycles. The zero-order valence-electron chi connectivity index (χ0n) is 14.7. The van der Waals surface area contributed by atoms with Crippen LogP contribution in [-0.2, 0) is 13.0 Å². The van der Waals surface area contributed by atoms with E-state index >= 15 is 0 Å². The number of aromatic nitrogens is 4. The van der Waals surface area contributed by atoms with Crippen molar-refractivity contribution >= 4 is 11.0 Å². The summed E-state index contributed by atoms with van der Waals surface area (Å²) in [6, 6.07) is 5.79. The molecule has 7 nitrogen and oxygen atoms in total. The average Bonchev–Trinajstić information content (AvgIpc) is 2.91. The van der Waals surface area contributed by atoms with E-state index < -0.39 is 6.10 Å². The highest BCUT2D eigenvalue weighted by Crippen LogP contribution is 2.29. The van der Waals surface area contributed by atoms with E-state index in [0.29, 0.717) is 13.0 Å². The number of hydrogen-bond acceptors (Lipinski definition) is 5. The standard InChI is InChI=1S/C19H23N5O2/c1-12(5-6-13-9-20-11-21-10-13)22-16-7-8-24-17-14(18(16)25)3-2-4-15(17)23-19(24)26/h2-4,9-12,16,18,22,25H,5-8H2,1H3,(H,23,26)/t12-,16-,18-/m1/s1. The summed E-state index contributed by atoms with van der Waals surface area (Å²) in [5, 5.41) is 14.5. The summed E-state index contributed by atoms with van der Waals surface area (Å²) in [5.74, 6) is 0. The Kier molecular flexibility index (Phi) is 4.57. The number of aliphatic hydroxyl groups excluding tert-OH is 1. The Labute approximate surface area is 151 Å². The zero-order chi connectivity index (χ0) is 18.1. The Morgan fingerprint density at radius 3 is 3.00 bits per heavy atom. The molecule has 3 atom stereocenters. The van der Waals surface area contributed by atoms with Crippen LogP contribution in [0.2, 0.25) is 0 Å². The molecule has 0 aliphatic carbocycles. The van der Waals surface area contributed by atoms with Gasteiger partial charge in [-0.3, -0.25) is 4.57 Å². The average molecular weight is 353 g/mol. The molecule has 3 aromatic rings. The van der Waals surface area contributed by atoms with Gasteiger partial charge in [0, 0.05) is 36.6 Å². The second-order valence-corrected chi connectivity index (χ2v) is 7.02. The van der Waals surface area contributed by atoms with Crippen molar-refractivity contribution < 1.29 is 5.11 Å². The Balaban J connectivity index is 1.49. The lowest BCUT2D eigenvalue weighted by molar-refractivity contribution is 0.119. The van der Waals surface area contributed by atoms with E-state index in [2.05, 4.69) is 27.2 Å². The summed E-state index contributed by atoms with van der Waals surface area (Å²) in [7, 11) is 0. The first-order valence-electron chi connectivity index (χ1n) is 9.03. The molecule has 0 fully saturated rings. The fourth-order valence-corrected chi connectivity index (χ4v) is 3.81. The summed E-state index contributed by atoms with van der Waals surface area (Å²) >= 11 is 0. The number of hydrogen-bond donors (Lipinski definition) is 3. The minimum Gasteiger partial charge on any atom is -0.387 e. The third-order valence-corrected chi connectivity index (χ3v) is 5.17. The van der Waals surface area contributed by atoms with Gasteiger partial charge in [0.15, 0.2) is 0 Å². The van der Waals surface area contributed by atoms with Crippen LogP contribution in [0.5, 0.6) is 0 Å². The SMILES string of the molecule is C[C@H](CCc1cncnc1)N[C@@H]1CCn2c(=O)[nH]c3cccc(c32)[C@H]1O. The first kappa shape index (κ1) is 16.9. The Morgan fingerprint density at radius 2 is 2.19 bits per heavy atom. The summed E-state index contributed by atoms with van der Waals surface area (Å²) < 4.78 is 1.74. The highest BCUT2D eigenvalue weighted by atomic mass is 16.3. The van der Waals surface area contributed by atoms with Gasteiger partial charge in [-0.15, -0.1) is 0 Å². The summed E-state index contributed by atoms with van der Waals surface area (Å²) in [4.78, 5) is 23.1. The number of rotatable bonds is 5. The maximum atomic E-state index is 12.2. The van der Waals surface area contributed by atoms with Crippen LogP contribution in [0.15, 0.2) is 41.7 Å². The Bertz CT molecular complexity index is 949. The molecule has 0 amide bonds. The smallest absolute Gasteiger partial charge is 0.326 e. The highest BCUT2D eigenvalue weighted by Gasteiger charge is 2.29. The molecular formula is C19H23N5O2. The van der Waals surface area contributed by atoms with Gasteiger partial charge < -0.3 is 15.4 Å². The monoisotopic (exact) mass is 353 g/mol. The lowest BCUT2D eigenvalue weighted by atomic mass is 9.98. The van der Waals surface area contributed by atoms with Gasteiger partial charge in [-0.2, -0.15) is 0 Å². The van der Waals surface area contributed by atoms with Crippen molar-refractivity contribution in [3.63, 3.8) is 0 Å². The van der Waals surface area contributed by atoms with Crippen molar-refractivity contribution in [1.82, 2.24) is 24.8 Å². The van der Waals surface area contributed by atoms with Crippen LogP contribution >= 0.6 is 0 Å². The van der Waals surface area contributed by atoms with Crippen LogP contribution < -0.4 is 11.0 Å². The van der Waals surface area contributed by atoms with Gasteiger partial charge in [-0.25, -0.2) is 14.8 Å². The summed E-state index contributed by atoms with van der Waals surface area (Å²) in [6.07, 6.45) is 7.05. The molecule has 136 valence electrons. The molecule has 26 heavy (non-hydrogen) atoms. The van der Waals surface area contributed by atoms with E-state index in [1.165, 1.54) is 6.33 Å². The predicted molar refractivity (Wildman–Crippen MR) is 98.9 cm³/mol. The third kappa shape index (κ3) is 3.15. The van der Waals surface area contributed by atoms with Crippen LogP contribution in [0.25, 0.3) is 11.0 Å². The molecule has 0 saturated carbocycles. The van der Waals surface area contributed by atoms with Crippen molar-refractivity contribution in [2.75, 3.05) is 0 Å². The molecule has 2 aromatic heterocycles. The van der Waals surface area contributed by atoms with Crippen molar-refractivity contribution in [2.24, 2.45) is 0 Å². The van der Waals surface area contributed by atoms with E-state index in [-0.39, 0.29) is 17.8 Å². The molecule has 0 spiro atoms. The van der Waals surface area contributed by atoms with Gasteiger partial charge in [-0.05, 0) is 37.8 Å². The van der Waals surface area contributed by atoms with Crippen LogP contribution in [0.1, 0.15) is 37.0 Å². The van der Waals surface area contributed by atoms with Crippen LogP contribution in [-0.4, -0.2) is 36.7 Å². The van der Waals surface area contributed by atoms with Gasteiger partial charge >= 0.3 is 5.69 Å². The van der Waals surface area contributed by atoms with Crippen molar-refractivity contribution in [3.05, 3.63) is 58.5 Å². The van der Waals surface area contributed by atoms with Gasteiger partial charge in [0.05, 0.1) is 17.1 Å². The van der Waals surface area contributed by atoms with Crippen LogP contribution in [0.4, 0.5) is 0 Å². The number of H-pyrrole nitrogens is 1. The molecule has 1 aromatic carbocycles. The number of benzene rings is 1. The van der Waals surface area contributed by atoms with E-state index in [1.807, 2.05) is 30.6 Å². The molecular weight excluding hydrogens is 330 g/mol. The predicted octanol–water partition coefficient (Wildman–Crippen LogP) is 1.54. The maximum Gasteiger partial charge on any atom is 0.326 e. The summed E-state index contributed by atoms with van der Waals surface area (Å²) in [6.45, 7) is 2.71. The maximum absolute atomic E-state index is 12.2. The molecule has 1 aliphatic rings. The number of aliphatic hydroxyl groups is 1. The van der Waals surface area contributed by atoms with E-state index in [4.69, 9.17) is 0 Å². The second-order valence-electron chi connectivity index (χ2n) is 7.02. The molecule has 0 unspecified atom stereocenters. The number of nitrogens with zero attached hydrogens (tertiary/aromatic N) is 3. The highest BCUT2D eigenvalue weighted by molar-refractivity contribution is 5.79. The normalized spacial score (nSPS) is 20.8. The van der Waals surface area contributed by atoms with E-state index in [9.17, 15) is 9.90 Å². The quantitative estimate of drug-likeness (QED) is 0.647. The van der Waals surface area contributed by atoms with E-state index in [1.54, 1.807) is 4.57 Å². The minimum atomic E-state index is -0.648. The molecule has 0 bridgehead atoms. The fraction of sp³-hybridized carbons (Fsp3) is 0.421. The number of nitrogens with one attached hydrogen (secondary N) is 2. The van der Waals surface area contributed by atoms with Gasteiger partial charge in [0.2, 0.25) is 0 Å². The molecule has 1 aliphatic heterocycles. The fourth-order valence-electron chi connectivity index (χ4n) is 3.81. The Morgan fingerprint density at radius 1 is 1.38 bits per heavy atom. The largest absolute Gasteiger partial charge is 0.387 e. The summed E-state index contributed by atoms with van der Waals surface area (Å²) in [5.41, 5.74) is 3.40. The van der Waals surface area contributed by atoms with Crippen molar-refractivity contribution in [1.29, 1.82) is 0 Å². The zero-order valence-corrected chi connectivity index (χ0v) is 14.7. The molecule has 7 heteroatoms. The van der Waals surface area contributed by atoms with Crippen molar-refractivity contribution in [3.8, 4) is 0 Å². The molecule has 4 rings (SSSR count). The van der Waals surface area contributed by atoms with E-state index in [0.717, 1.165) is 35.0 Å². The lowest BCUT2D eigenvalue weighted by Crippen LogP contribution is -2.41. The first-order valence-corrected chi connectivity index (χ1v) is 9.03.